The number of hydrogen-bond acceptors (Lipinski definition) is 4. The minimum atomic E-state index is -0.620. The molecule has 1 aromatic heterocycles. The number of nitrogens with zero attached hydrogens (tertiary/aromatic N) is 2. The van der Waals surface area contributed by atoms with Crippen molar-refractivity contribution in [3.8, 4) is 0 Å². The largest absolute Gasteiger partial charge is 0.378 e. The molecule has 0 unspecified atom stereocenters. The molecule has 1 aromatic rings. The number of nitrogens with two attached hydrogens (primary N) is 1. The molecule has 25 heavy (non-hydrogen) atoms. The van der Waals surface area contributed by atoms with Crippen LogP contribution in [-0.4, -0.2) is 47.5 Å². The fourth-order valence-electron chi connectivity index (χ4n) is 4.43. The maximum absolute atomic E-state index is 12.9. The SMILES string of the molecule is CCO[C@@H]1C[C@H](N(C)C(=O)c2ncc(C(N)=O)cc2Cl)C12CCCC2. The van der Waals surface area contributed by atoms with Crippen LogP contribution in [0.1, 0.15) is 59.9 Å². The highest BCUT2D eigenvalue weighted by atomic mass is 35.5. The fourth-order valence-corrected chi connectivity index (χ4v) is 4.68. The Balaban J connectivity index is 1.80. The number of pyridine rings is 1. The summed E-state index contributed by atoms with van der Waals surface area (Å²) >= 11 is 6.17. The number of rotatable bonds is 5. The van der Waals surface area contributed by atoms with Gasteiger partial charge in [0.25, 0.3) is 5.91 Å². The lowest BCUT2D eigenvalue weighted by Gasteiger charge is -2.56. The van der Waals surface area contributed by atoms with Crippen molar-refractivity contribution in [2.75, 3.05) is 13.7 Å². The van der Waals surface area contributed by atoms with E-state index in [0.717, 1.165) is 19.3 Å². The Bertz CT molecular complexity index is 688. The van der Waals surface area contributed by atoms with Gasteiger partial charge in [-0.3, -0.25) is 9.59 Å². The summed E-state index contributed by atoms with van der Waals surface area (Å²) in [5.74, 6) is -0.850. The third-order valence-corrected chi connectivity index (χ3v) is 6.05. The lowest BCUT2D eigenvalue weighted by molar-refractivity contribution is -0.152. The lowest BCUT2D eigenvalue weighted by Crippen LogP contribution is -2.64. The minimum Gasteiger partial charge on any atom is -0.378 e. The van der Waals surface area contributed by atoms with Crippen LogP contribution >= 0.6 is 11.6 Å². The molecule has 3 rings (SSSR count). The Kier molecular flexibility index (Phi) is 5.02. The van der Waals surface area contributed by atoms with E-state index in [1.165, 1.54) is 25.1 Å². The van der Waals surface area contributed by atoms with Gasteiger partial charge in [0.2, 0.25) is 5.91 Å². The van der Waals surface area contributed by atoms with Crippen molar-refractivity contribution in [1.82, 2.24) is 9.88 Å². The first-order valence-electron chi connectivity index (χ1n) is 8.75. The van der Waals surface area contributed by atoms with Gasteiger partial charge in [0.1, 0.15) is 5.69 Å². The van der Waals surface area contributed by atoms with E-state index >= 15 is 0 Å². The van der Waals surface area contributed by atoms with Crippen molar-refractivity contribution >= 4 is 23.4 Å². The first-order valence-corrected chi connectivity index (χ1v) is 9.12. The minimum absolute atomic E-state index is 0.0556. The van der Waals surface area contributed by atoms with E-state index in [1.807, 2.05) is 6.92 Å². The van der Waals surface area contributed by atoms with E-state index in [2.05, 4.69) is 4.98 Å². The molecular formula is C18H24ClN3O3. The van der Waals surface area contributed by atoms with Gasteiger partial charge in [0.15, 0.2) is 0 Å². The van der Waals surface area contributed by atoms with Gasteiger partial charge in [-0.25, -0.2) is 4.98 Å². The van der Waals surface area contributed by atoms with Crippen molar-refractivity contribution in [2.45, 2.75) is 51.2 Å². The van der Waals surface area contributed by atoms with Gasteiger partial charge in [-0.15, -0.1) is 0 Å². The van der Waals surface area contributed by atoms with Crippen LogP contribution in [0, 0.1) is 5.41 Å². The molecule has 0 bridgehead atoms. The number of carbonyl (C=O) groups excluding carboxylic acids is 2. The van der Waals surface area contributed by atoms with E-state index in [0.29, 0.717) is 6.61 Å². The molecule has 0 saturated heterocycles. The molecule has 2 N–H and O–H groups in total. The zero-order valence-corrected chi connectivity index (χ0v) is 15.4. The van der Waals surface area contributed by atoms with Crippen LogP contribution in [0.4, 0.5) is 0 Å². The summed E-state index contributed by atoms with van der Waals surface area (Å²) in [6.45, 7) is 2.70. The third-order valence-electron chi connectivity index (χ3n) is 5.76. The number of primary amides is 1. The van der Waals surface area contributed by atoms with Crippen LogP contribution in [0.5, 0.6) is 0 Å². The van der Waals surface area contributed by atoms with Crippen LogP contribution in [0.3, 0.4) is 0 Å². The first-order chi connectivity index (χ1) is 11.9. The summed E-state index contributed by atoms with van der Waals surface area (Å²) in [4.78, 5) is 29.9. The summed E-state index contributed by atoms with van der Waals surface area (Å²) in [6.07, 6.45) is 6.88. The van der Waals surface area contributed by atoms with E-state index in [4.69, 9.17) is 22.1 Å². The van der Waals surface area contributed by atoms with Crippen LogP contribution in [0.15, 0.2) is 12.3 Å². The molecule has 2 saturated carbocycles. The molecular weight excluding hydrogens is 342 g/mol. The Hall–Kier alpha value is -1.66. The fraction of sp³-hybridized carbons (Fsp3) is 0.611. The van der Waals surface area contributed by atoms with Crippen molar-refractivity contribution in [2.24, 2.45) is 11.1 Å². The molecule has 1 spiro atoms. The monoisotopic (exact) mass is 365 g/mol. The number of aromatic nitrogens is 1. The molecule has 0 radical (unpaired) electrons. The second-order valence-corrected chi connectivity index (χ2v) is 7.38. The highest BCUT2D eigenvalue weighted by molar-refractivity contribution is 6.33. The van der Waals surface area contributed by atoms with Crippen LogP contribution in [0.25, 0.3) is 0 Å². The predicted molar refractivity (Wildman–Crippen MR) is 94.6 cm³/mol. The van der Waals surface area contributed by atoms with Crippen LogP contribution < -0.4 is 5.73 Å². The quantitative estimate of drug-likeness (QED) is 0.869. The van der Waals surface area contributed by atoms with E-state index < -0.39 is 5.91 Å². The number of carbonyl (C=O) groups is 2. The predicted octanol–water partition coefficient (Wildman–Crippen LogP) is 2.64. The van der Waals surface area contributed by atoms with Gasteiger partial charge >= 0.3 is 0 Å². The summed E-state index contributed by atoms with van der Waals surface area (Å²) in [6, 6.07) is 1.53. The molecule has 2 amide bonds. The zero-order valence-electron chi connectivity index (χ0n) is 14.6. The molecule has 2 aliphatic rings. The highest BCUT2D eigenvalue weighted by Gasteiger charge is 2.59. The third kappa shape index (κ3) is 3.02. The standard InChI is InChI=1S/C18H24ClN3O3/c1-3-25-14-9-13(18(14)6-4-5-7-18)22(2)17(24)15-12(19)8-11(10-21-15)16(20)23/h8,10,13-14H,3-7,9H2,1-2H3,(H2,20,23)/t13-,14+/m0/s1. The van der Waals surface area contributed by atoms with Crippen molar-refractivity contribution in [3.63, 3.8) is 0 Å². The Morgan fingerprint density at radius 2 is 2.12 bits per heavy atom. The van der Waals surface area contributed by atoms with Gasteiger partial charge in [-0.1, -0.05) is 24.4 Å². The van der Waals surface area contributed by atoms with E-state index in [-0.39, 0.29) is 39.7 Å². The van der Waals surface area contributed by atoms with E-state index in [1.54, 1.807) is 11.9 Å². The van der Waals surface area contributed by atoms with Crippen LogP contribution in [-0.2, 0) is 4.74 Å². The van der Waals surface area contributed by atoms with Gasteiger partial charge in [-0.2, -0.15) is 0 Å². The molecule has 6 nitrogen and oxygen atoms in total. The van der Waals surface area contributed by atoms with Crippen molar-refractivity contribution < 1.29 is 14.3 Å². The number of hydrogen-bond donors (Lipinski definition) is 1. The van der Waals surface area contributed by atoms with Gasteiger partial charge < -0.3 is 15.4 Å². The molecule has 0 aliphatic heterocycles. The number of ether oxygens (including phenoxy) is 1. The summed E-state index contributed by atoms with van der Waals surface area (Å²) in [5.41, 5.74) is 5.62. The average molecular weight is 366 g/mol. The van der Waals surface area contributed by atoms with Crippen molar-refractivity contribution in [3.05, 3.63) is 28.5 Å². The maximum atomic E-state index is 12.9. The molecule has 2 atom stereocenters. The summed E-state index contributed by atoms with van der Waals surface area (Å²) in [7, 11) is 1.80. The number of amides is 2. The Morgan fingerprint density at radius 3 is 2.68 bits per heavy atom. The zero-order chi connectivity index (χ0) is 18.2. The lowest BCUT2D eigenvalue weighted by atomic mass is 9.60. The van der Waals surface area contributed by atoms with Gasteiger partial charge in [-0.05, 0) is 32.3 Å². The second kappa shape index (κ2) is 6.92. The highest BCUT2D eigenvalue weighted by Crippen LogP contribution is 2.56. The van der Waals surface area contributed by atoms with E-state index in [9.17, 15) is 9.59 Å². The topological polar surface area (TPSA) is 85.5 Å². The normalized spacial score (nSPS) is 24.1. The molecule has 136 valence electrons. The van der Waals surface area contributed by atoms with Gasteiger partial charge in [0, 0.05) is 31.3 Å². The van der Waals surface area contributed by atoms with Gasteiger partial charge in [0.05, 0.1) is 16.7 Å². The molecule has 2 aliphatic carbocycles. The Labute approximate surface area is 152 Å². The molecule has 0 aromatic carbocycles. The average Bonchev–Trinajstić information content (AvgIpc) is 3.09. The molecule has 2 fully saturated rings. The summed E-state index contributed by atoms with van der Waals surface area (Å²) in [5, 5.41) is 0.148. The smallest absolute Gasteiger partial charge is 0.274 e. The molecule has 1 heterocycles. The number of halogens is 1. The Morgan fingerprint density at radius 1 is 1.44 bits per heavy atom. The van der Waals surface area contributed by atoms with Crippen LogP contribution in [0.2, 0.25) is 5.02 Å². The summed E-state index contributed by atoms with van der Waals surface area (Å²) < 4.78 is 5.92. The molecule has 7 heteroatoms. The maximum Gasteiger partial charge on any atom is 0.274 e. The first kappa shape index (κ1) is 18.1. The second-order valence-electron chi connectivity index (χ2n) is 6.97. The van der Waals surface area contributed by atoms with Crippen molar-refractivity contribution in [1.29, 1.82) is 0 Å².